The van der Waals surface area contributed by atoms with Crippen LogP contribution >= 0.6 is 0 Å². The first-order valence-corrected chi connectivity index (χ1v) is 2.41. The first-order valence-electron chi connectivity index (χ1n) is 2.41. The van der Waals surface area contributed by atoms with E-state index < -0.39 is 5.97 Å². The number of carboxylic acid groups (broad SMARTS) is 1. The molecule has 0 aliphatic carbocycles. The Kier molecular flexibility index (Phi) is 2.41. The molecule has 0 fully saturated rings. The second-order valence-corrected chi connectivity index (χ2v) is 1.65. The van der Waals surface area contributed by atoms with E-state index in [2.05, 4.69) is 0 Å². The van der Waals surface area contributed by atoms with E-state index in [9.17, 15) is 4.79 Å². The summed E-state index contributed by atoms with van der Waals surface area (Å²) in [6, 6.07) is 0. The largest absolute Gasteiger partial charge is 0.481 e. The molecule has 42 valence electrons. The topological polar surface area (TPSA) is 37.3 Å². The zero-order valence-electron chi connectivity index (χ0n) is 4.64. The predicted molar refractivity (Wildman–Crippen MR) is 27.1 cm³/mol. The molecule has 0 unspecified atom stereocenters. The fourth-order valence-corrected chi connectivity index (χ4v) is 0.175. The highest BCUT2D eigenvalue weighted by Crippen LogP contribution is 1.97. The predicted octanol–water partition coefficient (Wildman–Crippen LogP) is 1.12. The minimum Gasteiger partial charge on any atom is -0.481 e. The molecule has 0 aliphatic heterocycles. The Morgan fingerprint density at radius 2 is 2.29 bits per heavy atom. The Balaban J connectivity index is 3.34. The minimum atomic E-state index is -0.706. The average molecular weight is 104 g/mol. The molecule has 0 rings (SSSR count). The van der Waals surface area contributed by atoms with Gasteiger partial charge < -0.3 is 5.11 Å². The van der Waals surface area contributed by atoms with Crippen LogP contribution in [0.3, 0.4) is 0 Å². The summed E-state index contributed by atoms with van der Waals surface area (Å²) in [6.45, 7) is 3.56. The monoisotopic (exact) mass is 104 g/mol. The molecule has 0 radical (unpaired) electrons. The van der Waals surface area contributed by atoms with Gasteiger partial charge in [0.1, 0.15) is 0 Å². The maximum absolute atomic E-state index is 9.93. The van der Waals surface area contributed by atoms with Crippen LogP contribution in [0, 0.1) is 5.92 Å². The summed E-state index contributed by atoms with van der Waals surface area (Å²) in [6.07, 6.45) is 0.718. The molecule has 0 aromatic heterocycles. The molecule has 0 spiro atoms. The lowest BCUT2D eigenvalue weighted by Gasteiger charge is -1.96. The molecule has 0 saturated carbocycles. The van der Waals surface area contributed by atoms with Crippen LogP contribution in [0.4, 0.5) is 0 Å². The van der Waals surface area contributed by atoms with Crippen LogP contribution in [0.1, 0.15) is 20.3 Å². The van der Waals surface area contributed by atoms with Crippen molar-refractivity contribution in [3.05, 3.63) is 0 Å². The van der Waals surface area contributed by atoms with Crippen LogP contribution in [0.5, 0.6) is 0 Å². The van der Waals surface area contributed by atoms with Crippen molar-refractivity contribution in [2.75, 3.05) is 0 Å². The molecule has 1 N–H and O–H groups in total. The van der Waals surface area contributed by atoms with Crippen molar-refractivity contribution < 1.29 is 9.90 Å². The molecule has 0 saturated heterocycles. The van der Waals surface area contributed by atoms with Crippen molar-refractivity contribution in [3.63, 3.8) is 0 Å². The number of carboxylic acids is 1. The van der Waals surface area contributed by atoms with Crippen molar-refractivity contribution in [3.8, 4) is 0 Å². The number of hydrogen-bond acceptors (Lipinski definition) is 1. The van der Waals surface area contributed by atoms with E-state index >= 15 is 0 Å². The number of hydrogen-bond donors (Lipinski definition) is 1. The second-order valence-electron chi connectivity index (χ2n) is 1.65. The highest BCUT2D eigenvalue weighted by Gasteiger charge is 2.05. The Bertz CT molecular complexity index is 68.5. The van der Waals surface area contributed by atoms with E-state index in [1.165, 1.54) is 0 Å². The smallest absolute Gasteiger partial charge is 0.306 e. The molecule has 2 nitrogen and oxygen atoms in total. The van der Waals surface area contributed by atoms with E-state index in [1.54, 1.807) is 6.92 Å². The molecule has 0 amide bonds. The SMILES string of the molecule is CC[C@H](C)[14C](=O)O. The first kappa shape index (κ1) is 6.47. The van der Waals surface area contributed by atoms with E-state index in [1.807, 2.05) is 6.92 Å². The van der Waals surface area contributed by atoms with Gasteiger partial charge in [-0.2, -0.15) is 0 Å². The van der Waals surface area contributed by atoms with Gasteiger partial charge in [0.25, 0.3) is 0 Å². The third-order valence-corrected chi connectivity index (χ3v) is 1.03. The fraction of sp³-hybridized carbons (Fsp3) is 0.800. The second kappa shape index (κ2) is 2.61. The molecule has 0 bridgehead atoms. The summed E-state index contributed by atoms with van der Waals surface area (Å²) in [5.74, 6) is -0.887. The summed E-state index contributed by atoms with van der Waals surface area (Å²) in [7, 11) is 0. The van der Waals surface area contributed by atoms with Crippen LogP contribution in [0.2, 0.25) is 0 Å². The van der Waals surface area contributed by atoms with Crippen molar-refractivity contribution in [1.29, 1.82) is 0 Å². The Hall–Kier alpha value is -0.530. The van der Waals surface area contributed by atoms with Crippen LogP contribution in [0.25, 0.3) is 0 Å². The Morgan fingerprint density at radius 1 is 1.86 bits per heavy atom. The van der Waals surface area contributed by atoms with Crippen molar-refractivity contribution >= 4 is 5.97 Å². The van der Waals surface area contributed by atoms with Gasteiger partial charge in [0.2, 0.25) is 0 Å². The molecule has 0 aromatic rings. The molecule has 0 heterocycles. The molecular formula is C5H10O2. The highest BCUT2D eigenvalue weighted by molar-refractivity contribution is 5.69. The molecular weight excluding hydrogens is 94.0 g/mol. The summed E-state index contributed by atoms with van der Waals surface area (Å²) < 4.78 is 0. The molecule has 2 heteroatoms. The van der Waals surface area contributed by atoms with Crippen molar-refractivity contribution in [1.82, 2.24) is 0 Å². The van der Waals surface area contributed by atoms with Crippen LogP contribution in [-0.2, 0) is 4.79 Å². The van der Waals surface area contributed by atoms with Gasteiger partial charge in [0, 0.05) is 0 Å². The Labute approximate surface area is 43.2 Å². The third kappa shape index (κ3) is 2.20. The van der Waals surface area contributed by atoms with E-state index in [0.29, 0.717) is 0 Å². The van der Waals surface area contributed by atoms with Crippen LogP contribution in [0.15, 0.2) is 0 Å². The molecule has 0 aliphatic rings. The lowest BCUT2D eigenvalue weighted by molar-refractivity contribution is -0.141. The summed E-state index contributed by atoms with van der Waals surface area (Å²) in [5.41, 5.74) is 0. The lowest BCUT2D eigenvalue weighted by Crippen LogP contribution is -2.06. The number of rotatable bonds is 2. The molecule has 7 heavy (non-hydrogen) atoms. The average Bonchev–Trinajstić information content (AvgIpc) is 1.65. The van der Waals surface area contributed by atoms with E-state index in [-0.39, 0.29) is 5.92 Å². The third-order valence-electron chi connectivity index (χ3n) is 1.03. The van der Waals surface area contributed by atoms with E-state index in [4.69, 9.17) is 5.11 Å². The van der Waals surface area contributed by atoms with Crippen LogP contribution in [-0.4, -0.2) is 11.1 Å². The number of carbonyl (C=O) groups is 1. The van der Waals surface area contributed by atoms with Crippen LogP contribution < -0.4 is 0 Å². The summed E-state index contributed by atoms with van der Waals surface area (Å²) in [5, 5.41) is 8.18. The fourth-order valence-electron chi connectivity index (χ4n) is 0.175. The number of aliphatic carboxylic acids is 1. The first-order chi connectivity index (χ1) is 3.18. The van der Waals surface area contributed by atoms with Gasteiger partial charge in [0.05, 0.1) is 5.92 Å². The van der Waals surface area contributed by atoms with Gasteiger partial charge >= 0.3 is 5.97 Å². The normalized spacial score (nSPS) is 13.4. The maximum atomic E-state index is 9.93. The lowest BCUT2D eigenvalue weighted by atomic mass is 10.3. The summed E-state index contributed by atoms with van der Waals surface area (Å²) >= 11 is 0. The molecule has 1 atom stereocenters. The van der Waals surface area contributed by atoms with Gasteiger partial charge in [0.15, 0.2) is 0 Å². The van der Waals surface area contributed by atoms with Crippen molar-refractivity contribution in [2.24, 2.45) is 5.92 Å². The van der Waals surface area contributed by atoms with Crippen molar-refractivity contribution in [2.45, 2.75) is 20.3 Å². The minimum absolute atomic E-state index is 0.181. The van der Waals surface area contributed by atoms with E-state index in [0.717, 1.165) is 6.42 Å². The van der Waals surface area contributed by atoms with Gasteiger partial charge in [-0.25, -0.2) is 0 Å². The zero-order chi connectivity index (χ0) is 5.86. The molecule has 0 aromatic carbocycles. The standard InChI is InChI=1S/C5H10O2/c1-3-4(2)5(6)7/h4H,3H2,1-2H3,(H,6,7)/t4-/m0/s1/i5+2. The zero-order valence-corrected chi connectivity index (χ0v) is 4.64. The Morgan fingerprint density at radius 3 is 2.29 bits per heavy atom. The quantitative estimate of drug-likeness (QED) is 0.570. The maximum Gasteiger partial charge on any atom is 0.306 e. The van der Waals surface area contributed by atoms with Gasteiger partial charge in [-0.3, -0.25) is 4.79 Å². The summed E-state index contributed by atoms with van der Waals surface area (Å²) in [4.78, 5) is 9.93. The van der Waals surface area contributed by atoms with Gasteiger partial charge in [-0.05, 0) is 6.42 Å². The highest BCUT2D eigenvalue weighted by atomic mass is 16.6. The van der Waals surface area contributed by atoms with Gasteiger partial charge in [-0.15, -0.1) is 0 Å². The van der Waals surface area contributed by atoms with Gasteiger partial charge in [-0.1, -0.05) is 13.8 Å².